The number of nitrogens with zero attached hydrogens (tertiary/aromatic N) is 1. The molecule has 37 heavy (non-hydrogen) atoms. The number of esters is 1. The molecular formula is C27H44ClNO8. The largest absolute Gasteiger partial charge is 0.455 e. The van der Waals surface area contributed by atoms with Crippen LogP contribution in [0.2, 0.25) is 0 Å². The number of aliphatic hydroxyl groups excluding tert-OH is 3. The van der Waals surface area contributed by atoms with Crippen LogP contribution in [0, 0.1) is 16.7 Å². The molecule has 2 saturated heterocycles. The van der Waals surface area contributed by atoms with Gasteiger partial charge in [0.15, 0.2) is 17.5 Å². The molecule has 0 spiro atoms. The van der Waals surface area contributed by atoms with Gasteiger partial charge in [0.2, 0.25) is 0 Å². The fourth-order valence-corrected chi connectivity index (χ4v) is 7.92. The molecule has 4 N–H and O–H groups in total. The van der Waals surface area contributed by atoms with Crippen molar-refractivity contribution < 1.29 is 39.5 Å². The monoisotopic (exact) mass is 545 g/mol. The molecule has 2 heterocycles. The first kappa shape index (κ1) is 30.5. The van der Waals surface area contributed by atoms with Gasteiger partial charge in [-0.25, -0.2) is 0 Å². The highest BCUT2D eigenvalue weighted by Gasteiger charge is 2.81. The van der Waals surface area contributed by atoms with Gasteiger partial charge >= 0.3 is 5.97 Å². The molecule has 4 unspecified atom stereocenters. The summed E-state index contributed by atoms with van der Waals surface area (Å²) in [5.74, 6) is -1.89. The number of Topliss-reactive ketones (excluding diaryl/α,β-unsaturated/α-hetero) is 1. The summed E-state index contributed by atoms with van der Waals surface area (Å²) in [5.41, 5.74) is -7.27. The number of ether oxygens (including phenoxy) is 2. The van der Waals surface area contributed by atoms with Gasteiger partial charge in [-0.2, -0.15) is 0 Å². The number of fused-ring (bicyclic) bond motifs is 3. The first-order valence-corrected chi connectivity index (χ1v) is 13.1. The van der Waals surface area contributed by atoms with E-state index in [-0.39, 0.29) is 31.5 Å². The zero-order valence-electron chi connectivity index (χ0n) is 22.6. The molecule has 0 radical (unpaired) electrons. The molecule has 2 saturated carbocycles. The van der Waals surface area contributed by atoms with Crippen LogP contribution in [0.3, 0.4) is 0 Å². The standard InChI is InChI=1S/C27H43NO8.ClH/c1-7-24(4)14-18(31)27(34)25(5)17(30)8-11-23(2,3)21(25)20(33)22(26(27,6)36-24)35-19(32)15-28-12-9-16(29)10-13-28;/h7,16-17,20-22,29-30,33-34H,1,8-15H2,2-6H3;1H/t17-,20?,21?,22?,24-,25?,26+,27-;/m0./s1. The van der Waals surface area contributed by atoms with Crippen LogP contribution < -0.4 is 0 Å². The minimum atomic E-state index is -2.23. The number of likely N-dealkylation sites (tertiary alicyclic amines) is 1. The maximum atomic E-state index is 13.9. The van der Waals surface area contributed by atoms with E-state index in [1.165, 1.54) is 13.0 Å². The third kappa shape index (κ3) is 4.39. The van der Waals surface area contributed by atoms with Crippen molar-refractivity contribution >= 4 is 24.2 Å². The lowest BCUT2D eigenvalue weighted by Crippen LogP contribution is -2.86. The van der Waals surface area contributed by atoms with Gasteiger partial charge in [-0.15, -0.1) is 19.0 Å². The van der Waals surface area contributed by atoms with Gasteiger partial charge in [0.25, 0.3) is 0 Å². The second-order valence-electron chi connectivity index (χ2n) is 12.7. The lowest BCUT2D eigenvalue weighted by molar-refractivity contribution is -0.370. The number of aliphatic hydroxyl groups is 4. The van der Waals surface area contributed by atoms with Crippen molar-refractivity contribution in [3.05, 3.63) is 12.7 Å². The molecule has 8 atom stereocenters. The Morgan fingerprint density at radius 1 is 1.14 bits per heavy atom. The van der Waals surface area contributed by atoms with Crippen molar-refractivity contribution in [3.63, 3.8) is 0 Å². The minimum absolute atomic E-state index is 0. The summed E-state index contributed by atoms with van der Waals surface area (Å²) < 4.78 is 12.4. The van der Waals surface area contributed by atoms with Crippen LogP contribution in [0.4, 0.5) is 0 Å². The van der Waals surface area contributed by atoms with Gasteiger partial charge in [0, 0.05) is 30.8 Å². The topological polar surface area (TPSA) is 137 Å². The average Bonchev–Trinajstić information content (AvgIpc) is 2.79. The fourth-order valence-electron chi connectivity index (χ4n) is 7.92. The number of hydrogen-bond donors (Lipinski definition) is 4. The van der Waals surface area contributed by atoms with Crippen LogP contribution in [0.15, 0.2) is 12.7 Å². The van der Waals surface area contributed by atoms with Gasteiger partial charge in [-0.3, -0.25) is 14.5 Å². The second-order valence-corrected chi connectivity index (χ2v) is 12.7. The number of carbonyl (C=O) groups is 2. The summed E-state index contributed by atoms with van der Waals surface area (Å²) in [4.78, 5) is 28.9. The third-order valence-electron chi connectivity index (χ3n) is 9.90. The first-order valence-electron chi connectivity index (χ1n) is 13.1. The van der Waals surface area contributed by atoms with E-state index in [1.807, 2.05) is 18.7 Å². The molecule has 0 aromatic heterocycles. The Labute approximate surface area is 225 Å². The highest BCUT2D eigenvalue weighted by atomic mass is 35.5. The van der Waals surface area contributed by atoms with E-state index in [1.54, 1.807) is 13.8 Å². The third-order valence-corrected chi connectivity index (χ3v) is 9.90. The van der Waals surface area contributed by atoms with Gasteiger partial charge in [0.05, 0.1) is 30.5 Å². The average molecular weight is 546 g/mol. The predicted molar refractivity (Wildman–Crippen MR) is 138 cm³/mol. The van der Waals surface area contributed by atoms with E-state index in [0.717, 1.165) is 0 Å². The number of carbonyl (C=O) groups excluding carboxylic acids is 2. The number of piperidine rings is 1. The summed E-state index contributed by atoms with van der Waals surface area (Å²) in [7, 11) is 0. The maximum Gasteiger partial charge on any atom is 0.320 e. The van der Waals surface area contributed by atoms with E-state index < -0.39 is 63.6 Å². The Balaban J connectivity index is 0.00000380. The molecule has 4 aliphatic rings. The Morgan fingerprint density at radius 2 is 1.73 bits per heavy atom. The molecule has 0 amide bonds. The van der Waals surface area contributed by atoms with Gasteiger partial charge in [-0.1, -0.05) is 26.8 Å². The number of ketones is 1. The van der Waals surface area contributed by atoms with Crippen molar-refractivity contribution in [2.24, 2.45) is 16.7 Å². The SMILES string of the molecule is C=C[C@@]1(C)CC(=O)[C@]2(O)C3(C)C(C(O)C(OC(=O)CN4CCC(O)CC4)[C@@]2(C)O1)C(C)(C)CC[C@@H]3O.Cl. The zero-order valence-corrected chi connectivity index (χ0v) is 23.4. The smallest absolute Gasteiger partial charge is 0.320 e. The zero-order chi connectivity index (χ0) is 26.9. The van der Waals surface area contributed by atoms with Crippen LogP contribution in [-0.2, 0) is 19.1 Å². The summed E-state index contributed by atoms with van der Waals surface area (Å²) in [6, 6.07) is 0. The van der Waals surface area contributed by atoms with Gasteiger partial charge in [0.1, 0.15) is 5.60 Å². The van der Waals surface area contributed by atoms with Crippen LogP contribution in [-0.4, -0.2) is 97.9 Å². The Morgan fingerprint density at radius 3 is 2.30 bits per heavy atom. The van der Waals surface area contributed by atoms with Crippen LogP contribution >= 0.6 is 12.4 Å². The van der Waals surface area contributed by atoms with Gasteiger partial charge in [-0.05, 0) is 44.9 Å². The summed E-state index contributed by atoms with van der Waals surface area (Å²) >= 11 is 0. The molecule has 0 aromatic carbocycles. The molecule has 212 valence electrons. The van der Waals surface area contributed by atoms with Crippen molar-refractivity contribution in [1.82, 2.24) is 4.90 Å². The molecule has 0 aromatic rings. The van der Waals surface area contributed by atoms with Crippen LogP contribution in [0.1, 0.15) is 66.7 Å². The Hall–Kier alpha value is -1.07. The van der Waals surface area contributed by atoms with E-state index in [9.17, 15) is 30.0 Å². The molecular weight excluding hydrogens is 502 g/mol. The minimum Gasteiger partial charge on any atom is -0.455 e. The number of halogens is 1. The summed E-state index contributed by atoms with van der Waals surface area (Å²) in [5, 5.41) is 45.4. The predicted octanol–water partition coefficient (Wildman–Crippen LogP) is 1.38. The van der Waals surface area contributed by atoms with Crippen molar-refractivity contribution in [2.75, 3.05) is 19.6 Å². The normalized spacial score (nSPS) is 46.2. The fraction of sp³-hybridized carbons (Fsp3) is 0.852. The van der Waals surface area contributed by atoms with Crippen molar-refractivity contribution in [3.8, 4) is 0 Å². The van der Waals surface area contributed by atoms with Crippen LogP contribution in [0.25, 0.3) is 0 Å². The Bertz CT molecular complexity index is 922. The molecule has 2 aliphatic carbocycles. The highest BCUT2D eigenvalue weighted by molar-refractivity contribution is 5.92. The molecule has 4 rings (SSSR count). The Kier molecular flexibility index (Phi) is 8.10. The van der Waals surface area contributed by atoms with Crippen molar-refractivity contribution in [1.29, 1.82) is 0 Å². The lowest BCUT2D eigenvalue weighted by atomic mass is 9.40. The second kappa shape index (κ2) is 9.84. The highest BCUT2D eigenvalue weighted by Crippen LogP contribution is 2.67. The van der Waals surface area contributed by atoms with E-state index in [0.29, 0.717) is 38.8 Å². The van der Waals surface area contributed by atoms with E-state index >= 15 is 0 Å². The quantitative estimate of drug-likeness (QED) is 0.305. The van der Waals surface area contributed by atoms with Crippen LogP contribution in [0.5, 0.6) is 0 Å². The molecule has 9 nitrogen and oxygen atoms in total. The molecule has 10 heteroatoms. The van der Waals surface area contributed by atoms with Crippen molar-refractivity contribution in [2.45, 2.75) is 108 Å². The molecule has 2 aliphatic heterocycles. The first-order chi connectivity index (χ1) is 16.6. The van der Waals surface area contributed by atoms with Gasteiger partial charge < -0.3 is 29.9 Å². The van der Waals surface area contributed by atoms with E-state index in [4.69, 9.17) is 9.47 Å². The van der Waals surface area contributed by atoms with E-state index in [2.05, 4.69) is 6.58 Å². The molecule has 4 fully saturated rings. The molecule has 0 bridgehead atoms. The lowest BCUT2D eigenvalue weighted by Gasteiger charge is -2.71. The summed E-state index contributed by atoms with van der Waals surface area (Å²) in [6.07, 6.45) is -0.794. The summed E-state index contributed by atoms with van der Waals surface area (Å²) in [6.45, 7) is 13.5. The maximum absolute atomic E-state index is 13.9. The number of rotatable bonds is 4. The number of hydrogen-bond acceptors (Lipinski definition) is 9.